The van der Waals surface area contributed by atoms with Crippen LogP contribution in [0.5, 0.6) is 0 Å². The summed E-state index contributed by atoms with van der Waals surface area (Å²) in [5.74, 6) is -0.463. The summed E-state index contributed by atoms with van der Waals surface area (Å²) >= 11 is 0. The number of benzene rings is 1. The van der Waals surface area contributed by atoms with E-state index in [9.17, 15) is 13.2 Å². The highest BCUT2D eigenvalue weighted by Gasteiger charge is 2.40. The standard InChI is InChI=1S/C13H20N2O3S/c1-13(2,19(4,17)18)12(16)15(3)11-7-5-10(9-14)6-8-11/h5-8H,9,14H2,1-4H3. The van der Waals surface area contributed by atoms with Gasteiger partial charge in [0, 0.05) is 25.5 Å². The monoisotopic (exact) mass is 284 g/mol. The maximum Gasteiger partial charge on any atom is 0.247 e. The number of carbonyl (C=O) groups excluding carboxylic acids is 1. The third kappa shape index (κ3) is 3.13. The van der Waals surface area contributed by atoms with Crippen LogP contribution in [0.3, 0.4) is 0 Å². The molecule has 19 heavy (non-hydrogen) atoms. The number of anilines is 1. The van der Waals surface area contributed by atoms with Crippen LogP contribution in [-0.2, 0) is 21.2 Å². The van der Waals surface area contributed by atoms with Crippen LogP contribution in [0.15, 0.2) is 24.3 Å². The summed E-state index contributed by atoms with van der Waals surface area (Å²) in [5.41, 5.74) is 7.09. The molecule has 0 heterocycles. The number of nitrogens with zero attached hydrogens (tertiary/aromatic N) is 1. The third-order valence-corrected chi connectivity index (χ3v) is 5.33. The highest BCUT2D eigenvalue weighted by molar-refractivity contribution is 7.92. The second-order valence-electron chi connectivity index (χ2n) is 5.02. The largest absolute Gasteiger partial charge is 0.326 e. The minimum absolute atomic E-state index is 0.423. The molecule has 0 fully saturated rings. The molecule has 0 unspecified atom stereocenters. The molecular weight excluding hydrogens is 264 g/mol. The van der Waals surface area contributed by atoms with E-state index in [1.54, 1.807) is 19.2 Å². The fraction of sp³-hybridized carbons (Fsp3) is 0.462. The first-order valence-electron chi connectivity index (χ1n) is 5.88. The summed E-state index contributed by atoms with van der Waals surface area (Å²) in [6.07, 6.45) is 1.07. The molecule has 6 heteroatoms. The van der Waals surface area contributed by atoms with Gasteiger partial charge in [-0.05, 0) is 31.5 Å². The lowest BCUT2D eigenvalue weighted by atomic mass is 10.1. The minimum Gasteiger partial charge on any atom is -0.326 e. The van der Waals surface area contributed by atoms with Gasteiger partial charge < -0.3 is 10.6 Å². The highest BCUT2D eigenvalue weighted by Crippen LogP contribution is 2.22. The van der Waals surface area contributed by atoms with Crippen LogP contribution in [0.1, 0.15) is 19.4 Å². The Balaban J connectivity index is 3.06. The molecule has 0 spiro atoms. The molecule has 0 saturated heterocycles. The van der Waals surface area contributed by atoms with Crippen molar-refractivity contribution in [3.05, 3.63) is 29.8 Å². The summed E-state index contributed by atoms with van der Waals surface area (Å²) in [6, 6.07) is 7.12. The zero-order chi connectivity index (χ0) is 14.8. The summed E-state index contributed by atoms with van der Waals surface area (Å²) < 4.78 is 21.9. The summed E-state index contributed by atoms with van der Waals surface area (Å²) in [4.78, 5) is 13.6. The number of rotatable bonds is 4. The highest BCUT2D eigenvalue weighted by atomic mass is 32.2. The van der Waals surface area contributed by atoms with Crippen LogP contribution in [-0.4, -0.2) is 32.4 Å². The molecule has 1 aromatic carbocycles. The molecule has 1 rings (SSSR count). The zero-order valence-electron chi connectivity index (χ0n) is 11.7. The summed E-state index contributed by atoms with van der Waals surface area (Å²) in [6.45, 7) is 3.25. The zero-order valence-corrected chi connectivity index (χ0v) is 12.5. The van der Waals surface area contributed by atoms with E-state index in [1.165, 1.54) is 18.7 Å². The molecule has 5 nitrogen and oxygen atoms in total. The first-order chi connectivity index (χ1) is 8.61. The Morgan fingerprint density at radius 3 is 2.11 bits per heavy atom. The number of hydrogen-bond acceptors (Lipinski definition) is 4. The molecule has 1 amide bonds. The summed E-state index contributed by atoms with van der Waals surface area (Å²) in [5, 5.41) is 0. The maximum absolute atomic E-state index is 12.3. The number of amides is 1. The van der Waals surface area contributed by atoms with Crippen molar-refractivity contribution in [2.24, 2.45) is 5.73 Å². The third-order valence-electron chi connectivity index (χ3n) is 3.31. The Hall–Kier alpha value is -1.40. The molecule has 0 bridgehead atoms. The van der Waals surface area contributed by atoms with Gasteiger partial charge in [-0.1, -0.05) is 12.1 Å². The molecule has 1 aromatic rings. The lowest BCUT2D eigenvalue weighted by Gasteiger charge is -2.28. The lowest BCUT2D eigenvalue weighted by Crippen LogP contribution is -2.48. The van der Waals surface area contributed by atoms with Crippen LogP contribution >= 0.6 is 0 Å². The van der Waals surface area contributed by atoms with Gasteiger partial charge in [-0.25, -0.2) is 8.42 Å². The first-order valence-corrected chi connectivity index (χ1v) is 7.77. The van der Waals surface area contributed by atoms with E-state index in [2.05, 4.69) is 0 Å². The Labute approximate surface area is 114 Å². The summed E-state index contributed by atoms with van der Waals surface area (Å²) in [7, 11) is -1.92. The topological polar surface area (TPSA) is 80.5 Å². The van der Waals surface area contributed by atoms with Crippen LogP contribution < -0.4 is 10.6 Å². The first kappa shape index (κ1) is 15.7. The van der Waals surface area contributed by atoms with Crippen molar-refractivity contribution in [3.8, 4) is 0 Å². The van der Waals surface area contributed by atoms with E-state index in [0.717, 1.165) is 11.8 Å². The second-order valence-corrected chi connectivity index (χ2v) is 7.58. The maximum atomic E-state index is 12.3. The van der Waals surface area contributed by atoms with Crippen LogP contribution in [0.4, 0.5) is 5.69 Å². The van der Waals surface area contributed by atoms with Crippen LogP contribution in [0.2, 0.25) is 0 Å². The quantitative estimate of drug-likeness (QED) is 0.892. The average molecular weight is 284 g/mol. The Kier molecular flexibility index (Phi) is 4.37. The molecule has 0 aliphatic heterocycles. The number of hydrogen-bond donors (Lipinski definition) is 1. The van der Waals surface area contributed by atoms with Crippen molar-refractivity contribution in [1.29, 1.82) is 0 Å². The Morgan fingerprint density at radius 2 is 1.74 bits per heavy atom. The second kappa shape index (κ2) is 5.30. The van der Waals surface area contributed by atoms with Crippen LogP contribution in [0, 0.1) is 0 Å². The average Bonchev–Trinajstić information content (AvgIpc) is 2.35. The lowest BCUT2D eigenvalue weighted by molar-refractivity contribution is -0.120. The van der Waals surface area contributed by atoms with E-state index in [4.69, 9.17) is 5.73 Å². The van der Waals surface area contributed by atoms with E-state index in [1.807, 2.05) is 12.1 Å². The van der Waals surface area contributed by atoms with Crippen molar-refractivity contribution in [1.82, 2.24) is 0 Å². The number of sulfone groups is 1. The predicted octanol–water partition coefficient (Wildman–Crippen LogP) is 0.931. The van der Waals surface area contributed by atoms with Crippen molar-refractivity contribution < 1.29 is 13.2 Å². The smallest absolute Gasteiger partial charge is 0.247 e. The number of carbonyl (C=O) groups is 1. The molecule has 0 atom stereocenters. The molecule has 0 aliphatic rings. The Morgan fingerprint density at radius 1 is 1.26 bits per heavy atom. The number of nitrogens with two attached hydrogens (primary N) is 1. The van der Waals surface area contributed by atoms with Gasteiger partial charge in [0.05, 0.1) is 0 Å². The van der Waals surface area contributed by atoms with Gasteiger partial charge in [0.25, 0.3) is 0 Å². The van der Waals surface area contributed by atoms with Crippen molar-refractivity contribution in [2.75, 3.05) is 18.2 Å². The van der Waals surface area contributed by atoms with Crippen molar-refractivity contribution in [2.45, 2.75) is 25.1 Å². The molecule has 106 valence electrons. The van der Waals surface area contributed by atoms with Gasteiger partial charge in [-0.15, -0.1) is 0 Å². The molecule has 0 radical (unpaired) electrons. The van der Waals surface area contributed by atoms with E-state index in [-0.39, 0.29) is 0 Å². The molecule has 0 saturated carbocycles. The van der Waals surface area contributed by atoms with Crippen molar-refractivity contribution >= 4 is 21.4 Å². The predicted molar refractivity (Wildman–Crippen MR) is 76.7 cm³/mol. The fourth-order valence-corrected chi connectivity index (χ4v) is 1.99. The van der Waals surface area contributed by atoms with E-state index in [0.29, 0.717) is 12.2 Å². The van der Waals surface area contributed by atoms with Gasteiger partial charge in [-0.2, -0.15) is 0 Å². The van der Waals surface area contributed by atoms with Gasteiger partial charge in [0.15, 0.2) is 9.84 Å². The fourth-order valence-electron chi connectivity index (χ4n) is 1.54. The van der Waals surface area contributed by atoms with E-state index >= 15 is 0 Å². The van der Waals surface area contributed by atoms with Crippen LogP contribution in [0.25, 0.3) is 0 Å². The Bertz CT molecular complexity index is 562. The van der Waals surface area contributed by atoms with Gasteiger partial charge in [0.2, 0.25) is 5.91 Å². The molecule has 0 aliphatic carbocycles. The van der Waals surface area contributed by atoms with Gasteiger partial charge in [-0.3, -0.25) is 4.79 Å². The van der Waals surface area contributed by atoms with Crippen molar-refractivity contribution in [3.63, 3.8) is 0 Å². The van der Waals surface area contributed by atoms with Gasteiger partial charge >= 0.3 is 0 Å². The normalized spacial score (nSPS) is 12.3. The molecule has 2 N–H and O–H groups in total. The van der Waals surface area contributed by atoms with Gasteiger partial charge in [0.1, 0.15) is 4.75 Å². The SMILES string of the molecule is CN(C(=O)C(C)(C)S(C)(=O)=O)c1ccc(CN)cc1. The molecule has 0 aromatic heterocycles. The van der Waals surface area contributed by atoms with E-state index < -0.39 is 20.5 Å². The molecular formula is C13H20N2O3S. The minimum atomic E-state index is -3.48.